The van der Waals surface area contributed by atoms with Gasteiger partial charge >= 0.3 is 6.09 Å². The first-order valence-electron chi connectivity index (χ1n) is 8.23. The van der Waals surface area contributed by atoms with Crippen molar-refractivity contribution in [3.63, 3.8) is 0 Å². The SMILES string of the molecule is COCC(CCCNC(=O)OC(C)(C)C)NCCC(C)(C)C. The molecular formula is C17H36N2O3. The number of alkyl carbamates (subject to hydrolysis) is 1. The van der Waals surface area contributed by atoms with Crippen LogP contribution in [0.15, 0.2) is 0 Å². The Kier molecular flexibility index (Phi) is 9.69. The lowest BCUT2D eigenvalue weighted by atomic mass is 9.92. The maximum Gasteiger partial charge on any atom is 0.407 e. The van der Waals surface area contributed by atoms with E-state index in [9.17, 15) is 4.79 Å². The molecule has 0 radical (unpaired) electrons. The standard InChI is InChI=1S/C17H36N2O3/c1-16(2,3)10-12-18-14(13-21-7)9-8-11-19-15(20)22-17(4,5)6/h14,18H,8-13H2,1-7H3,(H,19,20). The molecule has 1 atom stereocenters. The van der Waals surface area contributed by atoms with Crippen LogP contribution in [0.2, 0.25) is 0 Å². The van der Waals surface area contributed by atoms with Gasteiger partial charge in [-0.05, 0) is 52.0 Å². The molecule has 0 saturated heterocycles. The molecule has 5 nitrogen and oxygen atoms in total. The Labute approximate surface area is 136 Å². The van der Waals surface area contributed by atoms with E-state index in [-0.39, 0.29) is 6.09 Å². The number of carbonyl (C=O) groups is 1. The van der Waals surface area contributed by atoms with Crippen LogP contribution in [0.3, 0.4) is 0 Å². The molecule has 22 heavy (non-hydrogen) atoms. The van der Waals surface area contributed by atoms with Crippen molar-refractivity contribution in [2.45, 2.75) is 72.4 Å². The van der Waals surface area contributed by atoms with Gasteiger partial charge in [0, 0.05) is 19.7 Å². The molecule has 0 bridgehead atoms. The van der Waals surface area contributed by atoms with Gasteiger partial charge in [-0.25, -0.2) is 4.79 Å². The summed E-state index contributed by atoms with van der Waals surface area (Å²) in [5.74, 6) is 0. The summed E-state index contributed by atoms with van der Waals surface area (Å²) in [5.41, 5.74) is -0.111. The van der Waals surface area contributed by atoms with Crippen LogP contribution < -0.4 is 10.6 Å². The molecule has 0 fully saturated rings. The van der Waals surface area contributed by atoms with Gasteiger partial charge in [0.1, 0.15) is 5.60 Å². The Bertz CT molecular complexity index is 306. The molecule has 0 aromatic rings. The number of methoxy groups -OCH3 is 1. The fraction of sp³-hybridized carbons (Fsp3) is 0.941. The average Bonchev–Trinajstić information content (AvgIpc) is 2.30. The van der Waals surface area contributed by atoms with Crippen molar-refractivity contribution < 1.29 is 14.3 Å². The first-order valence-corrected chi connectivity index (χ1v) is 8.23. The van der Waals surface area contributed by atoms with Gasteiger partial charge in [-0.2, -0.15) is 0 Å². The summed E-state index contributed by atoms with van der Waals surface area (Å²) < 4.78 is 10.5. The van der Waals surface area contributed by atoms with Crippen molar-refractivity contribution in [3.8, 4) is 0 Å². The predicted molar refractivity (Wildman–Crippen MR) is 91.2 cm³/mol. The summed E-state index contributed by atoms with van der Waals surface area (Å²) in [6.07, 6.45) is 2.64. The molecule has 0 heterocycles. The van der Waals surface area contributed by atoms with Crippen molar-refractivity contribution >= 4 is 6.09 Å². The number of hydrogen-bond donors (Lipinski definition) is 2. The highest BCUT2D eigenvalue weighted by atomic mass is 16.6. The molecule has 0 aliphatic heterocycles. The molecule has 0 aromatic heterocycles. The Hall–Kier alpha value is -0.810. The summed E-state index contributed by atoms with van der Waals surface area (Å²) in [5, 5.41) is 6.32. The van der Waals surface area contributed by atoms with Gasteiger partial charge in [0.15, 0.2) is 0 Å². The second kappa shape index (κ2) is 10.1. The molecule has 0 spiro atoms. The molecule has 5 heteroatoms. The van der Waals surface area contributed by atoms with Crippen molar-refractivity contribution in [3.05, 3.63) is 0 Å². The molecule has 0 rings (SSSR count). The third-order valence-electron chi connectivity index (χ3n) is 3.07. The zero-order valence-electron chi connectivity index (χ0n) is 15.5. The summed E-state index contributed by atoms with van der Waals surface area (Å²) in [4.78, 5) is 11.5. The zero-order valence-corrected chi connectivity index (χ0v) is 15.5. The Balaban J connectivity index is 3.88. The molecule has 2 N–H and O–H groups in total. The summed E-state index contributed by atoms with van der Waals surface area (Å²) in [6.45, 7) is 14.6. The van der Waals surface area contributed by atoms with Crippen LogP contribution in [0.4, 0.5) is 4.79 Å². The van der Waals surface area contributed by atoms with E-state index in [4.69, 9.17) is 9.47 Å². The largest absolute Gasteiger partial charge is 0.444 e. The Morgan fingerprint density at radius 2 is 1.73 bits per heavy atom. The smallest absolute Gasteiger partial charge is 0.407 e. The highest BCUT2D eigenvalue weighted by Crippen LogP contribution is 2.17. The molecule has 132 valence electrons. The first kappa shape index (κ1) is 21.2. The monoisotopic (exact) mass is 316 g/mol. The van der Waals surface area contributed by atoms with E-state index in [0.29, 0.717) is 24.6 Å². The van der Waals surface area contributed by atoms with Crippen LogP contribution >= 0.6 is 0 Å². The number of hydrogen-bond acceptors (Lipinski definition) is 4. The maximum atomic E-state index is 11.5. The van der Waals surface area contributed by atoms with Gasteiger partial charge < -0.3 is 20.1 Å². The highest BCUT2D eigenvalue weighted by Gasteiger charge is 2.16. The van der Waals surface area contributed by atoms with E-state index in [1.165, 1.54) is 0 Å². The van der Waals surface area contributed by atoms with E-state index < -0.39 is 5.60 Å². The third-order valence-corrected chi connectivity index (χ3v) is 3.07. The quantitative estimate of drug-likeness (QED) is 0.641. The number of amides is 1. The fourth-order valence-corrected chi connectivity index (χ4v) is 1.95. The number of ether oxygens (including phenoxy) is 2. The Morgan fingerprint density at radius 3 is 2.23 bits per heavy atom. The van der Waals surface area contributed by atoms with Crippen LogP contribution in [0.5, 0.6) is 0 Å². The molecule has 0 saturated carbocycles. The van der Waals surface area contributed by atoms with Crippen LogP contribution in [0, 0.1) is 5.41 Å². The lowest BCUT2D eigenvalue weighted by Crippen LogP contribution is -2.37. The van der Waals surface area contributed by atoms with Gasteiger partial charge in [0.25, 0.3) is 0 Å². The average molecular weight is 316 g/mol. The van der Waals surface area contributed by atoms with E-state index >= 15 is 0 Å². The normalized spacial score (nSPS) is 13.8. The topological polar surface area (TPSA) is 59.6 Å². The third kappa shape index (κ3) is 14.1. The first-order chi connectivity index (χ1) is 10.0. The molecule has 1 amide bonds. The summed E-state index contributed by atoms with van der Waals surface area (Å²) in [7, 11) is 1.72. The number of rotatable bonds is 9. The molecule has 0 aliphatic carbocycles. The van der Waals surface area contributed by atoms with Crippen molar-refractivity contribution in [1.82, 2.24) is 10.6 Å². The molecule has 1 unspecified atom stereocenters. The second-order valence-corrected chi connectivity index (χ2v) is 7.99. The van der Waals surface area contributed by atoms with Gasteiger partial charge in [-0.3, -0.25) is 0 Å². The van der Waals surface area contributed by atoms with Crippen LogP contribution in [0.1, 0.15) is 60.8 Å². The Morgan fingerprint density at radius 1 is 1.09 bits per heavy atom. The highest BCUT2D eigenvalue weighted by molar-refractivity contribution is 5.67. The fourth-order valence-electron chi connectivity index (χ4n) is 1.95. The van der Waals surface area contributed by atoms with Crippen LogP contribution in [0.25, 0.3) is 0 Å². The molecular weight excluding hydrogens is 280 g/mol. The minimum atomic E-state index is -0.447. The second-order valence-electron chi connectivity index (χ2n) is 7.99. The minimum absolute atomic E-state index is 0.327. The van der Waals surface area contributed by atoms with Gasteiger partial charge in [-0.15, -0.1) is 0 Å². The lowest BCUT2D eigenvalue weighted by Gasteiger charge is -2.23. The predicted octanol–water partition coefficient (Wildman–Crippen LogP) is 3.33. The van der Waals surface area contributed by atoms with E-state index in [1.54, 1.807) is 7.11 Å². The minimum Gasteiger partial charge on any atom is -0.444 e. The summed E-state index contributed by atoms with van der Waals surface area (Å²) in [6, 6.07) is 0.327. The number of carbonyl (C=O) groups excluding carboxylic acids is 1. The van der Waals surface area contributed by atoms with Gasteiger partial charge in [0.2, 0.25) is 0 Å². The van der Waals surface area contributed by atoms with Crippen molar-refractivity contribution in [1.29, 1.82) is 0 Å². The van der Waals surface area contributed by atoms with Gasteiger partial charge in [-0.1, -0.05) is 20.8 Å². The zero-order chi connectivity index (χ0) is 17.2. The lowest BCUT2D eigenvalue weighted by molar-refractivity contribution is 0.0526. The van der Waals surface area contributed by atoms with E-state index in [2.05, 4.69) is 31.4 Å². The van der Waals surface area contributed by atoms with Crippen molar-refractivity contribution in [2.75, 3.05) is 26.8 Å². The molecule has 0 aromatic carbocycles. The van der Waals surface area contributed by atoms with Crippen molar-refractivity contribution in [2.24, 2.45) is 5.41 Å². The molecule has 0 aliphatic rings. The summed E-state index contributed by atoms with van der Waals surface area (Å²) >= 11 is 0. The van der Waals surface area contributed by atoms with Crippen LogP contribution in [-0.2, 0) is 9.47 Å². The maximum absolute atomic E-state index is 11.5. The van der Waals surface area contributed by atoms with Gasteiger partial charge in [0.05, 0.1) is 6.61 Å². The van der Waals surface area contributed by atoms with E-state index in [1.807, 2.05) is 20.8 Å². The number of nitrogens with one attached hydrogen (secondary N) is 2. The van der Waals surface area contributed by atoms with Crippen LogP contribution in [-0.4, -0.2) is 44.5 Å². The van der Waals surface area contributed by atoms with E-state index in [0.717, 1.165) is 25.8 Å².